The number of aryl methyl sites for hydroxylation is 1. The molecule has 2 aromatic carbocycles. The molecule has 0 spiro atoms. The molecule has 0 amide bonds. The van der Waals surface area contributed by atoms with Gasteiger partial charge in [0.15, 0.2) is 5.78 Å². The van der Waals surface area contributed by atoms with E-state index in [0.717, 1.165) is 0 Å². The highest BCUT2D eigenvalue weighted by Crippen LogP contribution is 2.23. The van der Waals surface area contributed by atoms with Gasteiger partial charge >= 0.3 is 0 Å². The maximum atomic E-state index is 13.5. The van der Waals surface area contributed by atoms with E-state index in [1.54, 1.807) is 38.1 Å². The fourth-order valence-electron chi connectivity index (χ4n) is 1.95. The predicted molar refractivity (Wildman–Crippen MR) is 73.4 cm³/mol. The van der Waals surface area contributed by atoms with Gasteiger partial charge in [0.2, 0.25) is 0 Å². The second-order valence-corrected chi connectivity index (χ2v) is 4.86. The summed E-state index contributed by atoms with van der Waals surface area (Å²) in [5.74, 6) is -0.688. The van der Waals surface area contributed by atoms with E-state index >= 15 is 0 Å². The lowest BCUT2D eigenvalue weighted by Crippen LogP contribution is -2.41. The number of Topliss-reactive ketones (excluding diaryl/α,β-unsaturated/α-hetero) is 1. The average molecular weight is 257 g/mol. The average Bonchev–Trinajstić information content (AvgIpc) is 2.42. The summed E-state index contributed by atoms with van der Waals surface area (Å²) < 4.78 is 13.5. The summed E-state index contributed by atoms with van der Waals surface area (Å²) in [5.41, 5.74) is 6.47. The molecule has 0 radical (unpaired) electrons. The van der Waals surface area contributed by atoms with Gasteiger partial charge in [0.05, 0.1) is 0 Å². The molecule has 0 heterocycles. The molecule has 1 unspecified atom stereocenters. The lowest BCUT2D eigenvalue weighted by molar-refractivity contribution is 0.0899. The first kappa shape index (κ1) is 13.4. The van der Waals surface area contributed by atoms with E-state index in [9.17, 15) is 9.18 Å². The van der Waals surface area contributed by atoms with E-state index in [1.807, 2.05) is 18.2 Å². The monoisotopic (exact) mass is 257 g/mol. The van der Waals surface area contributed by atoms with Crippen LogP contribution in [-0.4, -0.2) is 5.78 Å². The molecule has 0 saturated heterocycles. The molecular formula is C16H16FNO. The van der Waals surface area contributed by atoms with Crippen LogP contribution in [0.3, 0.4) is 0 Å². The number of carbonyl (C=O) groups is 1. The van der Waals surface area contributed by atoms with Crippen LogP contribution >= 0.6 is 0 Å². The van der Waals surface area contributed by atoms with E-state index in [4.69, 9.17) is 5.73 Å². The smallest absolute Gasteiger partial charge is 0.186 e. The third-order valence-corrected chi connectivity index (χ3v) is 3.28. The summed E-state index contributed by atoms with van der Waals surface area (Å²) in [6, 6.07) is 13.5. The molecule has 1 atom stereocenters. The van der Waals surface area contributed by atoms with Crippen molar-refractivity contribution in [2.45, 2.75) is 19.4 Å². The van der Waals surface area contributed by atoms with Crippen LogP contribution in [0.5, 0.6) is 0 Å². The Kier molecular flexibility index (Phi) is 3.49. The number of benzene rings is 2. The Balaban J connectivity index is 2.40. The van der Waals surface area contributed by atoms with Gasteiger partial charge < -0.3 is 5.73 Å². The van der Waals surface area contributed by atoms with Crippen molar-refractivity contribution in [3.8, 4) is 0 Å². The van der Waals surface area contributed by atoms with Gasteiger partial charge in [0.25, 0.3) is 0 Å². The number of hydrogen-bond acceptors (Lipinski definition) is 2. The summed E-state index contributed by atoms with van der Waals surface area (Å²) in [5, 5.41) is 0. The Bertz CT molecular complexity index is 605. The third kappa shape index (κ3) is 2.56. The standard InChI is InChI=1S/C16H16FNO/c1-11-8-9-12(10-14(11)17)15(19)16(2,18)13-6-4-3-5-7-13/h3-10H,18H2,1-2H3. The van der Waals surface area contributed by atoms with Crippen LogP contribution in [0, 0.1) is 12.7 Å². The molecule has 2 N–H and O–H groups in total. The Morgan fingerprint density at radius 3 is 2.37 bits per heavy atom. The highest BCUT2D eigenvalue weighted by atomic mass is 19.1. The van der Waals surface area contributed by atoms with Gasteiger partial charge in [-0.2, -0.15) is 0 Å². The molecule has 0 bridgehead atoms. The lowest BCUT2D eigenvalue weighted by Gasteiger charge is -2.23. The summed E-state index contributed by atoms with van der Waals surface area (Å²) in [6.45, 7) is 3.30. The minimum Gasteiger partial charge on any atom is -0.315 e. The van der Waals surface area contributed by atoms with Gasteiger partial charge in [-0.05, 0) is 31.0 Å². The molecule has 2 rings (SSSR count). The number of hydrogen-bond donors (Lipinski definition) is 1. The van der Waals surface area contributed by atoms with Crippen LogP contribution in [-0.2, 0) is 5.54 Å². The van der Waals surface area contributed by atoms with E-state index in [1.165, 1.54) is 6.07 Å². The van der Waals surface area contributed by atoms with Crippen molar-refractivity contribution < 1.29 is 9.18 Å². The van der Waals surface area contributed by atoms with Crippen molar-refractivity contribution in [3.05, 3.63) is 71.0 Å². The maximum absolute atomic E-state index is 13.5. The van der Waals surface area contributed by atoms with Gasteiger partial charge in [-0.15, -0.1) is 0 Å². The Morgan fingerprint density at radius 2 is 1.79 bits per heavy atom. The zero-order valence-corrected chi connectivity index (χ0v) is 11.0. The molecular weight excluding hydrogens is 241 g/mol. The molecule has 2 nitrogen and oxygen atoms in total. The first-order valence-electron chi connectivity index (χ1n) is 6.08. The van der Waals surface area contributed by atoms with Crippen molar-refractivity contribution in [1.82, 2.24) is 0 Å². The Labute approximate surface area is 112 Å². The van der Waals surface area contributed by atoms with Crippen LogP contribution in [0.25, 0.3) is 0 Å². The highest BCUT2D eigenvalue weighted by Gasteiger charge is 2.31. The zero-order valence-electron chi connectivity index (χ0n) is 11.0. The lowest BCUT2D eigenvalue weighted by atomic mass is 9.85. The summed E-state index contributed by atoms with van der Waals surface area (Å²) in [6.07, 6.45) is 0. The second-order valence-electron chi connectivity index (χ2n) is 4.86. The van der Waals surface area contributed by atoms with Gasteiger partial charge in [-0.3, -0.25) is 4.79 Å². The second kappa shape index (κ2) is 4.94. The van der Waals surface area contributed by atoms with Gasteiger partial charge in [-0.1, -0.05) is 42.5 Å². The van der Waals surface area contributed by atoms with Crippen molar-refractivity contribution in [2.24, 2.45) is 5.73 Å². The number of rotatable bonds is 3. The molecule has 0 aliphatic carbocycles. The minimum atomic E-state index is -1.16. The molecule has 2 aromatic rings. The topological polar surface area (TPSA) is 43.1 Å². The molecule has 0 aromatic heterocycles. The van der Waals surface area contributed by atoms with Crippen molar-refractivity contribution in [2.75, 3.05) is 0 Å². The van der Waals surface area contributed by atoms with Crippen LogP contribution < -0.4 is 5.73 Å². The summed E-state index contributed by atoms with van der Waals surface area (Å²) >= 11 is 0. The quantitative estimate of drug-likeness (QED) is 0.858. The molecule has 0 fully saturated rings. The van der Waals surface area contributed by atoms with E-state index < -0.39 is 11.4 Å². The molecule has 0 saturated carbocycles. The van der Waals surface area contributed by atoms with Crippen molar-refractivity contribution in [1.29, 1.82) is 0 Å². The van der Waals surface area contributed by atoms with E-state index in [-0.39, 0.29) is 11.3 Å². The van der Waals surface area contributed by atoms with Gasteiger partial charge in [0, 0.05) is 5.56 Å². The summed E-state index contributed by atoms with van der Waals surface area (Å²) in [4.78, 5) is 12.4. The molecule has 98 valence electrons. The first-order chi connectivity index (χ1) is 8.93. The van der Waals surface area contributed by atoms with Gasteiger partial charge in [-0.25, -0.2) is 4.39 Å². The minimum absolute atomic E-state index is 0.289. The number of halogens is 1. The number of nitrogens with two attached hydrogens (primary N) is 1. The van der Waals surface area contributed by atoms with Crippen LogP contribution in [0.2, 0.25) is 0 Å². The van der Waals surface area contributed by atoms with Gasteiger partial charge in [0.1, 0.15) is 11.4 Å². The normalized spacial score (nSPS) is 13.9. The predicted octanol–water partition coefficient (Wildman–Crippen LogP) is 3.19. The van der Waals surface area contributed by atoms with E-state index in [0.29, 0.717) is 11.1 Å². The first-order valence-corrected chi connectivity index (χ1v) is 6.08. The molecule has 0 aliphatic heterocycles. The maximum Gasteiger partial charge on any atom is 0.186 e. The zero-order chi connectivity index (χ0) is 14.0. The Morgan fingerprint density at radius 1 is 1.16 bits per heavy atom. The number of carbonyl (C=O) groups excluding carboxylic acids is 1. The fourth-order valence-corrected chi connectivity index (χ4v) is 1.95. The molecule has 0 aliphatic rings. The number of ketones is 1. The largest absolute Gasteiger partial charge is 0.315 e. The fraction of sp³-hybridized carbons (Fsp3) is 0.188. The summed E-state index contributed by atoms with van der Waals surface area (Å²) in [7, 11) is 0. The highest BCUT2D eigenvalue weighted by molar-refractivity contribution is 6.03. The van der Waals surface area contributed by atoms with Crippen molar-refractivity contribution in [3.63, 3.8) is 0 Å². The molecule has 19 heavy (non-hydrogen) atoms. The molecule has 3 heteroatoms. The van der Waals surface area contributed by atoms with Crippen molar-refractivity contribution >= 4 is 5.78 Å². The van der Waals surface area contributed by atoms with Crippen LogP contribution in [0.15, 0.2) is 48.5 Å². The SMILES string of the molecule is Cc1ccc(C(=O)C(C)(N)c2ccccc2)cc1F. The van der Waals surface area contributed by atoms with Crippen LogP contribution in [0.4, 0.5) is 4.39 Å². The van der Waals surface area contributed by atoms with Crippen LogP contribution in [0.1, 0.15) is 28.4 Å². The third-order valence-electron chi connectivity index (χ3n) is 3.28. The van der Waals surface area contributed by atoms with E-state index in [2.05, 4.69) is 0 Å². The Hall–Kier alpha value is -2.00.